The van der Waals surface area contributed by atoms with Gasteiger partial charge < -0.3 is 14.4 Å². The SMILES string of the molecule is [C-]#[N+]c1ccc(N(c2ccccc2)c2ccc(-n3c4ccccc4c4c(N(c5ccccc5)c5ccc(C#N)cc5)cccc43)cc2)cc1. The van der Waals surface area contributed by atoms with Crippen LogP contribution in [0.25, 0.3) is 32.3 Å². The van der Waals surface area contributed by atoms with E-state index in [0.717, 1.165) is 61.6 Å². The Hall–Kier alpha value is -7.08. The number of nitriles is 1. The van der Waals surface area contributed by atoms with Crippen LogP contribution in [0.15, 0.2) is 176 Å². The highest BCUT2D eigenvalue weighted by molar-refractivity contribution is 6.16. The summed E-state index contributed by atoms with van der Waals surface area (Å²) in [6.07, 6.45) is 0. The van der Waals surface area contributed by atoms with Crippen LogP contribution >= 0.6 is 0 Å². The zero-order valence-electron chi connectivity index (χ0n) is 26.5. The van der Waals surface area contributed by atoms with Crippen LogP contribution in [0.3, 0.4) is 0 Å². The minimum atomic E-state index is 0.614. The predicted octanol–water partition coefficient (Wildman–Crippen LogP) is 12.1. The Labute approximate surface area is 285 Å². The number of benzene rings is 7. The monoisotopic (exact) mass is 627 g/mol. The van der Waals surface area contributed by atoms with Crippen LogP contribution in [0.1, 0.15) is 5.56 Å². The first-order chi connectivity index (χ1) is 24.2. The lowest BCUT2D eigenvalue weighted by atomic mass is 10.1. The first-order valence-corrected chi connectivity index (χ1v) is 16.0. The highest BCUT2D eigenvalue weighted by Gasteiger charge is 2.21. The molecule has 0 radical (unpaired) electrons. The minimum absolute atomic E-state index is 0.614. The van der Waals surface area contributed by atoms with E-state index in [4.69, 9.17) is 6.57 Å². The summed E-state index contributed by atoms with van der Waals surface area (Å²) in [5, 5.41) is 11.8. The third kappa shape index (κ3) is 5.32. The van der Waals surface area contributed by atoms with E-state index in [1.165, 1.54) is 0 Å². The third-order valence-corrected chi connectivity index (χ3v) is 8.80. The Morgan fingerprint density at radius 1 is 0.490 bits per heavy atom. The number of fused-ring (bicyclic) bond motifs is 3. The number of para-hydroxylation sites is 3. The molecule has 0 aliphatic carbocycles. The van der Waals surface area contributed by atoms with Crippen molar-refractivity contribution in [2.45, 2.75) is 0 Å². The van der Waals surface area contributed by atoms with E-state index in [9.17, 15) is 5.26 Å². The first-order valence-electron chi connectivity index (χ1n) is 16.0. The summed E-state index contributed by atoms with van der Waals surface area (Å²) < 4.78 is 2.33. The summed E-state index contributed by atoms with van der Waals surface area (Å²) in [4.78, 5) is 8.05. The normalized spacial score (nSPS) is 10.8. The molecule has 49 heavy (non-hydrogen) atoms. The van der Waals surface area contributed by atoms with Gasteiger partial charge in [-0.1, -0.05) is 72.8 Å². The molecule has 0 atom stereocenters. The van der Waals surface area contributed by atoms with Gasteiger partial charge in [0, 0.05) is 44.9 Å². The van der Waals surface area contributed by atoms with Gasteiger partial charge in [0.05, 0.1) is 34.9 Å². The maximum absolute atomic E-state index is 9.48. The van der Waals surface area contributed by atoms with E-state index in [1.54, 1.807) is 0 Å². The topological polar surface area (TPSA) is 39.6 Å². The Kier molecular flexibility index (Phi) is 7.55. The van der Waals surface area contributed by atoms with Gasteiger partial charge in [0.25, 0.3) is 0 Å². The number of nitrogens with zero attached hydrogens (tertiary/aromatic N) is 5. The second-order valence-corrected chi connectivity index (χ2v) is 11.7. The van der Waals surface area contributed by atoms with Gasteiger partial charge in [0.1, 0.15) is 0 Å². The molecule has 0 fully saturated rings. The van der Waals surface area contributed by atoms with Gasteiger partial charge >= 0.3 is 0 Å². The molecule has 5 heteroatoms. The fraction of sp³-hybridized carbons (Fsp3) is 0. The number of anilines is 6. The van der Waals surface area contributed by atoms with Crippen molar-refractivity contribution in [3.05, 3.63) is 193 Å². The summed E-state index contributed by atoms with van der Waals surface area (Å²) >= 11 is 0. The van der Waals surface area contributed by atoms with Crippen molar-refractivity contribution in [1.29, 1.82) is 5.26 Å². The number of hydrogen-bond donors (Lipinski definition) is 0. The molecular weight excluding hydrogens is 599 g/mol. The second kappa shape index (κ2) is 12.6. The molecule has 5 nitrogen and oxygen atoms in total. The molecule has 0 aliphatic heterocycles. The molecular formula is C44H29N5. The van der Waals surface area contributed by atoms with Gasteiger partial charge in [0.15, 0.2) is 5.69 Å². The standard InChI is InChI=1S/C44H29N5/c1-46-33-21-25-36(26-22-33)47(34-11-4-2-5-12-34)37-27-29-39(30-28-37)49-41-16-9-8-15-40(41)44-42(17-10-18-43(44)49)48(35-13-6-3-7-14-35)38-23-19-32(31-45)20-24-38/h2-30H. The lowest BCUT2D eigenvalue weighted by Gasteiger charge is -2.26. The van der Waals surface area contributed by atoms with Gasteiger partial charge in [-0.2, -0.15) is 5.26 Å². The van der Waals surface area contributed by atoms with Crippen LogP contribution in [-0.2, 0) is 0 Å². The number of hydrogen-bond acceptors (Lipinski definition) is 3. The molecule has 1 aromatic heterocycles. The molecule has 0 saturated carbocycles. The average molecular weight is 628 g/mol. The van der Waals surface area contributed by atoms with Gasteiger partial charge in [-0.05, 0) is 103 Å². The molecule has 0 saturated heterocycles. The number of rotatable bonds is 7. The quantitative estimate of drug-likeness (QED) is 0.165. The Balaban J connectivity index is 1.29. The fourth-order valence-electron chi connectivity index (χ4n) is 6.61. The van der Waals surface area contributed by atoms with Crippen LogP contribution < -0.4 is 9.80 Å². The van der Waals surface area contributed by atoms with Gasteiger partial charge in [0.2, 0.25) is 0 Å². The predicted molar refractivity (Wildman–Crippen MR) is 201 cm³/mol. The van der Waals surface area contributed by atoms with Crippen molar-refractivity contribution < 1.29 is 0 Å². The summed E-state index contributed by atoms with van der Waals surface area (Å²) in [7, 11) is 0. The third-order valence-electron chi connectivity index (χ3n) is 8.80. The number of aromatic nitrogens is 1. The van der Waals surface area contributed by atoms with Crippen LogP contribution in [0.5, 0.6) is 0 Å². The van der Waals surface area contributed by atoms with E-state index in [0.29, 0.717) is 11.3 Å². The van der Waals surface area contributed by atoms with E-state index >= 15 is 0 Å². The maximum Gasteiger partial charge on any atom is 0.187 e. The smallest absolute Gasteiger partial charge is 0.187 e. The van der Waals surface area contributed by atoms with E-state index in [1.807, 2.05) is 72.8 Å². The van der Waals surface area contributed by atoms with Crippen LogP contribution in [-0.4, -0.2) is 4.57 Å². The van der Waals surface area contributed by atoms with Crippen molar-refractivity contribution in [2.75, 3.05) is 9.80 Å². The molecule has 0 aliphatic rings. The molecule has 1 heterocycles. The Bertz CT molecular complexity index is 2490. The van der Waals surface area contributed by atoms with Crippen molar-refractivity contribution in [2.24, 2.45) is 0 Å². The molecule has 230 valence electrons. The van der Waals surface area contributed by atoms with Crippen molar-refractivity contribution in [3.8, 4) is 11.8 Å². The van der Waals surface area contributed by atoms with Crippen molar-refractivity contribution >= 4 is 61.6 Å². The molecule has 8 rings (SSSR count). The van der Waals surface area contributed by atoms with Gasteiger partial charge in [-0.25, -0.2) is 4.85 Å². The lowest BCUT2D eigenvalue weighted by Crippen LogP contribution is -2.10. The zero-order chi connectivity index (χ0) is 33.2. The zero-order valence-corrected chi connectivity index (χ0v) is 26.5. The first kappa shape index (κ1) is 29.3. The summed E-state index contributed by atoms with van der Waals surface area (Å²) in [5.41, 5.74) is 10.6. The van der Waals surface area contributed by atoms with E-state index < -0.39 is 0 Å². The van der Waals surface area contributed by atoms with Crippen molar-refractivity contribution in [3.63, 3.8) is 0 Å². The molecule has 0 amide bonds. The molecule has 7 aromatic carbocycles. The van der Waals surface area contributed by atoms with Crippen LogP contribution in [0, 0.1) is 17.9 Å². The molecule has 0 N–H and O–H groups in total. The minimum Gasteiger partial charge on any atom is -0.311 e. The second-order valence-electron chi connectivity index (χ2n) is 11.7. The highest BCUT2D eigenvalue weighted by Crippen LogP contribution is 2.44. The van der Waals surface area contributed by atoms with E-state index in [2.05, 4.69) is 128 Å². The average Bonchev–Trinajstić information content (AvgIpc) is 3.52. The molecule has 0 unspecified atom stereocenters. The molecule has 8 aromatic rings. The fourth-order valence-corrected chi connectivity index (χ4v) is 6.61. The van der Waals surface area contributed by atoms with Crippen LogP contribution in [0.2, 0.25) is 0 Å². The lowest BCUT2D eigenvalue weighted by molar-refractivity contribution is 1.17. The van der Waals surface area contributed by atoms with Crippen LogP contribution in [0.4, 0.5) is 39.8 Å². The Morgan fingerprint density at radius 2 is 1.00 bits per heavy atom. The van der Waals surface area contributed by atoms with E-state index in [-0.39, 0.29) is 0 Å². The molecule has 0 spiro atoms. The largest absolute Gasteiger partial charge is 0.311 e. The summed E-state index contributed by atoms with van der Waals surface area (Å²) in [5.74, 6) is 0. The Morgan fingerprint density at radius 3 is 1.63 bits per heavy atom. The van der Waals surface area contributed by atoms with Crippen molar-refractivity contribution in [1.82, 2.24) is 4.57 Å². The molecule has 0 bridgehead atoms. The summed E-state index contributed by atoms with van der Waals surface area (Å²) in [6, 6.07) is 62.0. The van der Waals surface area contributed by atoms with Gasteiger partial charge in [-0.15, -0.1) is 0 Å². The highest BCUT2D eigenvalue weighted by atomic mass is 15.2. The summed E-state index contributed by atoms with van der Waals surface area (Å²) in [6.45, 7) is 7.39. The van der Waals surface area contributed by atoms with Gasteiger partial charge in [-0.3, -0.25) is 0 Å². The maximum atomic E-state index is 9.48.